The van der Waals surface area contributed by atoms with Gasteiger partial charge in [-0.05, 0) is 32.6 Å². The van der Waals surface area contributed by atoms with Crippen LogP contribution in [0, 0.1) is 0 Å². The molecule has 0 aromatic carbocycles. The van der Waals surface area contributed by atoms with Crippen molar-refractivity contribution in [1.29, 1.82) is 0 Å². The van der Waals surface area contributed by atoms with E-state index in [0.717, 1.165) is 25.3 Å². The number of ether oxygens (including phenoxy) is 1. The van der Waals surface area contributed by atoms with Crippen molar-refractivity contribution < 1.29 is 9.53 Å². The molecule has 1 amide bonds. The van der Waals surface area contributed by atoms with Crippen LogP contribution in [0.2, 0.25) is 0 Å². The molecule has 3 rings (SSSR count). The summed E-state index contributed by atoms with van der Waals surface area (Å²) >= 11 is 0. The van der Waals surface area contributed by atoms with E-state index in [1.165, 1.54) is 12.8 Å². The molecule has 5 heteroatoms. The van der Waals surface area contributed by atoms with Gasteiger partial charge in [0, 0.05) is 31.5 Å². The van der Waals surface area contributed by atoms with Gasteiger partial charge >= 0.3 is 0 Å². The van der Waals surface area contributed by atoms with E-state index >= 15 is 0 Å². The van der Waals surface area contributed by atoms with Crippen molar-refractivity contribution in [3.63, 3.8) is 0 Å². The molecule has 1 aliphatic carbocycles. The maximum absolute atomic E-state index is 12.0. The molecule has 0 spiro atoms. The largest absolute Gasteiger partial charge is 0.373 e. The van der Waals surface area contributed by atoms with Crippen LogP contribution in [0.4, 0.5) is 0 Å². The molecule has 1 aliphatic heterocycles. The summed E-state index contributed by atoms with van der Waals surface area (Å²) in [7, 11) is 0. The first-order valence-corrected chi connectivity index (χ1v) is 6.90. The van der Waals surface area contributed by atoms with E-state index in [0.29, 0.717) is 18.0 Å². The molecule has 1 aromatic rings. The molecule has 1 N–H and O–H groups in total. The van der Waals surface area contributed by atoms with Crippen LogP contribution in [0.3, 0.4) is 0 Å². The van der Waals surface area contributed by atoms with Crippen LogP contribution in [0.25, 0.3) is 0 Å². The standard InChI is InChI=1S/C14H19N3O2/c1-14(5-2-6-19-14)9-17-13(18)11-7-15-12(16-8-11)10-3-4-10/h7-8,10H,2-6,9H2,1H3,(H,17,18)/t14-/m0/s1. The summed E-state index contributed by atoms with van der Waals surface area (Å²) < 4.78 is 5.64. The number of nitrogens with zero attached hydrogens (tertiary/aromatic N) is 2. The molecule has 0 radical (unpaired) electrons. The van der Waals surface area contributed by atoms with Crippen molar-refractivity contribution >= 4 is 5.91 Å². The monoisotopic (exact) mass is 261 g/mol. The van der Waals surface area contributed by atoms with Gasteiger partial charge < -0.3 is 10.1 Å². The SMILES string of the molecule is C[C@@]1(CNC(=O)c2cnc(C3CC3)nc2)CCCO1. The van der Waals surface area contributed by atoms with Crippen LogP contribution in [0.5, 0.6) is 0 Å². The fourth-order valence-electron chi connectivity index (χ4n) is 2.35. The van der Waals surface area contributed by atoms with E-state index in [-0.39, 0.29) is 11.5 Å². The number of amides is 1. The molecular formula is C14H19N3O2. The maximum atomic E-state index is 12.0. The van der Waals surface area contributed by atoms with Crippen LogP contribution in [-0.4, -0.2) is 34.6 Å². The first kappa shape index (κ1) is 12.5. The van der Waals surface area contributed by atoms with Gasteiger partial charge in [0.15, 0.2) is 0 Å². The van der Waals surface area contributed by atoms with Crippen LogP contribution >= 0.6 is 0 Å². The first-order chi connectivity index (χ1) is 9.16. The lowest BCUT2D eigenvalue weighted by molar-refractivity contribution is 0.0206. The fraction of sp³-hybridized carbons (Fsp3) is 0.643. The summed E-state index contributed by atoms with van der Waals surface area (Å²) in [6.07, 6.45) is 7.63. The van der Waals surface area contributed by atoms with Crippen molar-refractivity contribution in [2.75, 3.05) is 13.2 Å². The van der Waals surface area contributed by atoms with Gasteiger partial charge in [0.2, 0.25) is 0 Å². The molecule has 1 atom stereocenters. The molecule has 5 nitrogen and oxygen atoms in total. The van der Waals surface area contributed by atoms with Gasteiger partial charge in [0.1, 0.15) is 5.82 Å². The molecule has 1 aromatic heterocycles. The molecule has 2 heterocycles. The Bertz CT molecular complexity index is 462. The van der Waals surface area contributed by atoms with E-state index < -0.39 is 0 Å². The number of hydrogen-bond donors (Lipinski definition) is 1. The van der Waals surface area contributed by atoms with Crippen LogP contribution < -0.4 is 5.32 Å². The van der Waals surface area contributed by atoms with Gasteiger partial charge in [0.05, 0.1) is 11.2 Å². The van der Waals surface area contributed by atoms with Gasteiger partial charge in [-0.15, -0.1) is 0 Å². The van der Waals surface area contributed by atoms with Crippen LogP contribution in [-0.2, 0) is 4.74 Å². The Morgan fingerprint density at radius 1 is 1.47 bits per heavy atom. The normalized spacial score (nSPS) is 26.4. The highest BCUT2D eigenvalue weighted by Crippen LogP contribution is 2.37. The minimum absolute atomic E-state index is 0.126. The van der Waals surface area contributed by atoms with E-state index in [1.54, 1.807) is 12.4 Å². The van der Waals surface area contributed by atoms with Gasteiger partial charge in [0.25, 0.3) is 5.91 Å². The number of aromatic nitrogens is 2. The Morgan fingerprint density at radius 2 is 2.21 bits per heavy atom. The van der Waals surface area contributed by atoms with Gasteiger partial charge in [-0.1, -0.05) is 0 Å². The predicted molar refractivity (Wildman–Crippen MR) is 69.9 cm³/mol. The smallest absolute Gasteiger partial charge is 0.254 e. The van der Waals surface area contributed by atoms with Gasteiger partial charge in [-0.2, -0.15) is 0 Å². The second kappa shape index (κ2) is 4.89. The summed E-state index contributed by atoms with van der Waals surface area (Å²) in [6.45, 7) is 3.36. The molecule has 0 bridgehead atoms. The Balaban J connectivity index is 1.57. The Kier molecular flexibility index (Phi) is 3.22. The zero-order valence-electron chi connectivity index (χ0n) is 11.2. The third kappa shape index (κ3) is 2.92. The molecule has 102 valence electrons. The van der Waals surface area contributed by atoms with Crippen molar-refractivity contribution in [2.45, 2.75) is 44.1 Å². The Hall–Kier alpha value is -1.49. The summed E-state index contributed by atoms with van der Waals surface area (Å²) in [5.74, 6) is 1.25. The maximum Gasteiger partial charge on any atom is 0.254 e. The number of rotatable bonds is 4. The summed E-state index contributed by atoms with van der Waals surface area (Å²) in [5, 5.41) is 2.90. The fourth-order valence-corrected chi connectivity index (χ4v) is 2.35. The van der Waals surface area contributed by atoms with Gasteiger partial charge in [-0.3, -0.25) is 4.79 Å². The first-order valence-electron chi connectivity index (χ1n) is 6.90. The van der Waals surface area contributed by atoms with Crippen molar-refractivity contribution in [1.82, 2.24) is 15.3 Å². The molecule has 1 saturated heterocycles. The summed E-state index contributed by atoms with van der Waals surface area (Å²) in [4.78, 5) is 20.5. The molecule has 2 fully saturated rings. The topological polar surface area (TPSA) is 64.1 Å². The lowest BCUT2D eigenvalue weighted by atomic mass is 10.0. The number of carbonyl (C=O) groups excluding carboxylic acids is 1. The lowest BCUT2D eigenvalue weighted by Gasteiger charge is -2.23. The minimum Gasteiger partial charge on any atom is -0.373 e. The number of carbonyl (C=O) groups is 1. The zero-order valence-corrected chi connectivity index (χ0v) is 11.2. The summed E-state index contributed by atoms with van der Waals surface area (Å²) in [6, 6.07) is 0. The molecule has 1 saturated carbocycles. The Morgan fingerprint density at radius 3 is 2.79 bits per heavy atom. The highest BCUT2D eigenvalue weighted by molar-refractivity contribution is 5.93. The van der Waals surface area contributed by atoms with E-state index in [9.17, 15) is 4.79 Å². The molecule has 0 unspecified atom stereocenters. The van der Waals surface area contributed by atoms with Crippen LogP contribution in [0.15, 0.2) is 12.4 Å². The highest BCUT2D eigenvalue weighted by Gasteiger charge is 2.30. The second-order valence-electron chi connectivity index (χ2n) is 5.69. The average molecular weight is 261 g/mol. The third-order valence-corrected chi connectivity index (χ3v) is 3.80. The number of nitrogens with one attached hydrogen (secondary N) is 1. The third-order valence-electron chi connectivity index (χ3n) is 3.80. The number of hydrogen-bond acceptors (Lipinski definition) is 4. The Labute approximate surface area is 112 Å². The van der Waals surface area contributed by atoms with E-state index in [1.807, 2.05) is 6.92 Å². The molecular weight excluding hydrogens is 242 g/mol. The van der Waals surface area contributed by atoms with E-state index in [4.69, 9.17) is 4.74 Å². The van der Waals surface area contributed by atoms with Gasteiger partial charge in [-0.25, -0.2) is 9.97 Å². The zero-order chi connectivity index (χ0) is 13.3. The van der Waals surface area contributed by atoms with Crippen molar-refractivity contribution in [3.05, 3.63) is 23.8 Å². The molecule has 19 heavy (non-hydrogen) atoms. The minimum atomic E-state index is -0.218. The quantitative estimate of drug-likeness (QED) is 0.895. The molecule has 2 aliphatic rings. The second-order valence-corrected chi connectivity index (χ2v) is 5.69. The highest BCUT2D eigenvalue weighted by atomic mass is 16.5. The van der Waals surface area contributed by atoms with Crippen molar-refractivity contribution in [3.8, 4) is 0 Å². The lowest BCUT2D eigenvalue weighted by Crippen LogP contribution is -2.40. The van der Waals surface area contributed by atoms with Crippen molar-refractivity contribution in [2.24, 2.45) is 0 Å². The predicted octanol–water partition coefficient (Wildman–Crippen LogP) is 1.65. The average Bonchev–Trinajstić information content (AvgIpc) is 3.19. The van der Waals surface area contributed by atoms with Crippen LogP contribution in [0.1, 0.15) is 54.7 Å². The van der Waals surface area contributed by atoms with E-state index in [2.05, 4.69) is 15.3 Å². The summed E-state index contributed by atoms with van der Waals surface area (Å²) in [5.41, 5.74) is 0.302.